The lowest BCUT2D eigenvalue weighted by Gasteiger charge is -2.35. The number of aliphatic hydroxyl groups excluding tert-OH is 1. The second-order valence-corrected chi connectivity index (χ2v) is 5.09. The van der Waals surface area contributed by atoms with Crippen LogP contribution >= 0.6 is 0 Å². The van der Waals surface area contributed by atoms with Gasteiger partial charge in [0.1, 0.15) is 0 Å². The Bertz CT molecular complexity index is 434. The van der Waals surface area contributed by atoms with E-state index in [4.69, 9.17) is 0 Å². The average molecular weight is 248 g/mol. The molecule has 0 saturated heterocycles. The van der Waals surface area contributed by atoms with Crippen molar-refractivity contribution in [2.45, 2.75) is 44.8 Å². The first kappa shape index (κ1) is 13.0. The monoisotopic (exact) mass is 248 g/mol. The van der Waals surface area contributed by atoms with Crippen molar-refractivity contribution in [3.63, 3.8) is 0 Å². The van der Waals surface area contributed by atoms with E-state index in [-0.39, 0.29) is 11.9 Å². The van der Waals surface area contributed by atoms with Crippen molar-refractivity contribution in [3.05, 3.63) is 29.6 Å². The number of hydrogen-bond acceptors (Lipinski definition) is 3. The van der Waals surface area contributed by atoms with Crippen LogP contribution in [0.2, 0.25) is 0 Å². The maximum Gasteiger partial charge on any atom is 0.255 e. The minimum atomic E-state index is -0.398. The fourth-order valence-electron chi connectivity index (χ4n) is 2.57. The molecule has 1 aliphatic rings. The molecule has 98 valence electrons. The molecule has 0 radical (unpaired) electrons. The van der Waals surface area contributed by atoms with E-state index in [1.807, 2.05) is 13.0 Å². The summed E-state index contributed by atoms with van der Waals surface area (Å²) >= 11 is 0. The molecule has 1 N–H and O–H groups in total. The highest BCUT2D eigenvalue weighted by Crippen LogP contribution is 2.23. The van der Waals surface area contributed by atoms with Crippen molar-refractivity contribution < 1.29 is 9.90 Å². The van der Waals surface area contributed by atoms with E-state index in [0.29, 0.717) is 5.56 Å². The SMILES string of the molecule is Cc1cncc(C(=O)N(C)C2CCCCC2O)c1. The third-order valence-corrected chi connectivity index (χ3v) is 3.63. The van der Waals surface area contributed by atoms with Crippen LogP contribution < -0.4 is 0 Å². The third-order valence-electron chi connectivity index (χ3n) is 3.63. The Labute approximate surface area is 108 Å². The van der Waals surface area contributed by atoms with Crippen LogP contribution in [0.25, 0.3) is 0 Å². The van der Waals surface area contributed by atoms with Crippen molar-refractivity contribution >= 4 is 5.91 Å². The minimum Gasteiger partial charge on any atom is -0.391 e. The molecule has 2 unspecified atom stereocenters. The van der Waals surface area contributed by atoms with Crippen LogP contribution in [0.5, 0.6) is 0 Å². The molecule has 1 saturated carbocycles. The number of aliphatic hydroxyl groups is 1. The Morgan fingerprint density at radius 3 is 2.78 bits per heavy atom. The van der Waals surface area contributed by atoms with Gasteiger partial charge < -0.3 is 10.0 Å². The molecule has 0 aliphatic heterocycles. The molecule has 1 heterocycles. The third kappa shape index (κ3) is 2.70. The van der Waals surface area contributed by atoms with Gasteiger partial charge in [-0.05, 0) is 31.4 Å². The predicted molar refractivity (Wildman–Crippen MR) is 69.3 cm³/mol. The Kier molecular flexibility index (Phi) is 3.97. The van der Waals surface area contributed by atoms with Crippen LogP contribution in [0, 0.1) is 6.92 Å². The van der Waals surface area contributed by atoms with Crippen molar-refractivity contribution in [3.8, 4) is 0 Å². The largest absolute Gasteiger partial charge is 0.391 e. The molecule has 0 spiro atoms. The van der Waals surface area contributed by atoms with Crippen LogP contribution in [-0.4, -0.2) is 40.1 Å². The van der Waals surface area contributed by atoms with E-state index in [9.17, 15) is 9.90 Å². The summed E-state index contributed by atoms with van der Waals surface area (Å²) in [5, 5.41) is 9.98. The topological polar surface area (TPSA) is 53.4 Å². The molecule has 18 heavy (non-hydrogen) atoms. The highest BCUT2D eigenvalue weighted by atomic mass is 16.3. The quantitative estimate of drug-likeness (QED) is 0.867. The van der Waals surface area contributed by atoms with Crippen LogP contribution in [0.3, 0.4) is 0 Å². The van der Waals surface area contributed by atoms with Crippen molar-refractivity contribution in [1.82, 2.24) is 9.88 Å². The Morgan fingerprint density at radius 2 is 2.11 bits per heavy atom. The predicted octanol–water partition coefficient (Wildman–Crippen LogP) is 1.77. The molecular formula is C14H20N2O2. The van der Waals surface area contributed by atoms with Gasteiger partial charge in [-0.15, -0.1) is 0 Å². The zero-order valence-corrected chi connectivity index (χ0v) is 11.0. The van der Waals surface area contributed by atoms with Gasteiger partial charge in [0.2, 0.25) is 0 Å². The first-order valence-corrected chi connectivity index (χ1v) is 6.46. The molecule has 0 bridgehead atoms. The first-order valence-electron chi connectivity index (χ1n) is 6.46. The number of amides is 1. The van der Waals surface area contributed by atoms with Gasteiger partial charge in [-0.1, -0.05) is 12.8 Å². The van der Waals surface area contributed by atoms with Gasteiger partial charge in [0.05, 0.1) is 17.7 Å². The van der Waals surface area contributed by atoms with Gasteiger partial charge in [-0.25, -0.2) is 0 Å². The standard InChI is InChI=1S/C14H20N2O2/c1-10-7-11(9-15-8-10)14(18)16(2)12-5-3-4-6-13(12)17/h7-9,12-13,17H,3-6H2,1-2H3. The zero-order chi connectivity index (χ0) is 13.1. The molecule has 4 heteroatoms. The lowest BCUT2D eigenvalue weighted by Crippen LogP contribution is -2.46. The van der Waals surface area contributed by atoms with E-state index in [2.05, 4.69) is 4.98 Å². The normalized spacial score (nSPS) is 23.7. The Hall–Kier alpha value is -1.42. The van der Waals surface area contributed by atoms with Crippen LogP contribution in [-0.2, 0) is 0 Å². The van der Waals surface area contributed by atoms with E-state index in [0.717, 1.165) is 31.2 Å². The summed E-state index contributed by atoms with van der Waals surface area (Å²) in [4.78, 5) is 18.0. The van der Waals surface area contributed by atoms with Crippen LogP contribution in [0.1, 0.15) is 41.6 Å². The van der Waals surface area contributed by atoms with Gasteiger partial charge >= 0.3 is 0 Å². The van der Waals surface area contributed by atoms with Gasteiger partial charge in [0.15, 0.2) is 0 Å². The second-order valence-electron chi connectivity index (χ2n) is 5.09. The summed E-state index contributed by atoms with van der Waals surface area (Å²) in [6, 6.07) is 1.77. The van der Waals surface area contributed by atoms with Gasteiger partial charge in [-0.2, -0.15) is 0 Å². The lowest BCUT2D eigenvalue weighted by molar-refractivity contribution is 0.0267. The lowest BCUT2D eigenvalue weighted by atomic mass is 9.91. The molecule has 1 fully saturated rings. The smallest absolute Gasteiger partial charge is 0.255 e. The van der Waals surface area contributed by atoms with Crippen LogP contribution in [0.15, 0.2) is 18.5 Å². The van der Waals surface area contributed by atoms with E-state index in [1.165, 1.54) is 0 Å². The number of carbonyl (C=O) groups excluding carboxylic acids is 1. The molecule has 1 aromatic rings. The van der Waals surface area contributed by atoms with Gasteiger partial charge in [-0.3, -0.25) is 9.78 Å². The number of pyridine rings is 1. The summed E-state index contributed by atoms with van der Waals surface area (Å²) in [7, 11) is 1.77. The molecule has 2 atom stereocenters. The molecule has 2 rings (SSSR count). The number of hydrogen-bond donors (Lipinski definition) is 1. The van der Waals surface area contributed by atoms with E-state index in [1.54, 1.807) is 24.3 Å². The maximum atomic E-state index is 12.3. The van der Waals surface area contributed by atoms with E-state index >= 15 is 0 Å². The van der Waals surface area contributed by atoms with Crippen molar-refractivity contribution in [1.29, 1.82) is 0 Å². The average Bonchev–Trinajstić information content (AvgIpc) is 2.37. The molecule has 0 aromatic carbocycles. The van der Waals surface area contributed by atoms with E-state index < -0.39 is 6.10 Å². The minimum absolute atomic E-state index is 0.0582. The Morgan fingerprint density at radius 1 is 1.39 bits per heavy atom. The molecular weight excluding hydrogens is 228 g/mol. The second kappa shape index (κ2) is 5.48. The Balaban J connectivity index is 2.13. The summed E-state index contributed by atoms with van der Waals surface area (Å²) in [6.45, 7) is 1.92. The highest BCUT2D eigenvalue weighted by molar-refractivity contribution is 5.94. The fourth-order valence-corrected chi connectivity index (χ4v) is 2.57. The number of aromatic nitrogens is 1. The summed E-state index contributed by atoms with van der Waals surface area (Å²) in [5.41, 5.74) is 1.56. The van der Waals surface area contributed by atoms with Gasteiger partial charge in [0, 0.05) is 19.4 Å². The summed E-state index contributed by atoms with van der Waals surface area (Å²) in [5.74, 6) is -0.0582. The first-order chi connectivity index (χ1) is 8.59. The number of rotatable bonds is 2. The number of aryl methyl sites for hydroxylation is 1. The number of carbonyl (C=O) groups is 1. The maximum absolute atomic E-state index is 12.3. The molecule has 1 aromatic heterocycles. The summed E-state index contributed by atoms with van der Waals surface area (Å²) < 4.78 is 0. The number of likely N-dealkylation sites (N-methyl/N-ethyl adjacent to an activating group) is 1. The van der Waals surface area contributed by atoms with Crippen molar-refractivity contribution in [2.24, 2.45) is 0 Å². The number of nitrogens with zero attached hydrogens (tertiary/aromatic N) is 2. The van der Waals surface area contributed by atoms with Crippen LogP contribution in [0.4, 0.5) is 0 Å². The summed E-state index contributed by atoms with van der Waals surface area (Å²) in [6.07, 6.45) is 6.70. The zero-order valence-electron chi connectivity index (χ0n) is 11.0. The fraction of sp³-hybridized carbons (Fsp3) is 0.571. The molecule has 4 nitrogen and oxygen atoms in total. The van der Waals surface area contributed by atoms with Crippen molar-refractivity contribution in [2.75, 3.05) is 7.05 Å². The molecule has 1 aliphatic carbocycles. The molecule has 1 amide bonds. The van der Waals surface area contributed by atoms with Gasteiger partial charge in [0.25, 0.3) is 5.91 Å². The highest BCUT2D eigenvalue weighted by Gasteiger charge is 2.29.